The van der Waals surface area contributed by atoms with Gasteiger partial charge >= 0.3 is 6.18 Å². The van der Waals surface area contributed by atoms with Crippen LogP contribution in [0.15, 0.2) is 24.3 Å². The molecule has 0 aliphatic carbocycles. The first kappa shape index (κ1) is 16.6. The molecule has 0 atom stereocenters. The summed E-state index contributed by atoms with van der Waals surface area (Å²) in [5, 5.41) is 0. The molecule has 122 valence electrons. The third kappa shape index (κ3) is 4.37. The van der Waals surface area contributed by atoms with Gasteiger partial charge in [-0.15, -0.1) is 0 Å². The minimum atomic E-state index is -4.37. The SMILES string of the molecule is NCC1CCN(C(=O)COc2ccc(C(F)(F)F)cc2)CC1. The highest BCUT2D eigenvalue weighted by Gasteiger charge is 2.30. The number of nitrogens with zero attached hydrogens (tertiary/aromatic N) is 1. The Hall–Kier alpha value is -1.76. The number of hydrogen-bond acceptors (Lipinski definition) is 3. The van der Waals surface area contributed by atoms with Crippen molar-refractivity contribution < 1.29 is 22.7 Å². The molecule has 0 spiro atoms. The van der Waals surface area contributed by atoms with Gasteiger partial charge in [-0.1, -0.05) is 0 Å². The summed E-state index contributed by atoms with van der Waals surface area (Å²) in [5.74, 6) is 0.549. The van der Waals surface area contributed by atoms with Gasteiger partial charge in [-0.2, -0.15) is 13.2 Å². The van der Waals surface area contributed by atoms with E-state index in [4.69, 9.17) is 10.5 Å². The normalized spacial score (nSPS) is 16.6. The smallest absolute Gasteiger partial charge is 0.416 e. The number of rotatable bonds is 4. The molecule has 0 radical (unpaired) electrons. The Morgan fingerprint density at radius 2 is 1.82 bits per heavy atom. The van der Waals surface area contributed by atoms with Crippen LogP contribution in [0.4, 0.5) is 13.2 Å². The van der Waals surface area contributed by atoms with Crippen LogP contribution in [-0.4, -0.2) is 37.0 Å². The average molecular weight is 316 g/mol. The first-order valence-electron chi connectivity index (χ1n) is 7.18. The van der Waals surface area contributed by atoms with Crippen LogP contribution >= 0.6 is 0 Å². The zero-order valence-corrected chi connectivity index (χ0v) is 12.1. The van der Waals surface area contributed by atoms with Gasteiger partial charge < -0.3 is 15.4 Å². The maximum absolute atomic E-state index is 12.4. The largest absolute Gasteiger partial charge is 0.484 e. The lowest BCUT2D eigenvalue weighted by molar-refractivity contribution is -0.138. The van der Waals surface area contributed by atoms with Gasteiger partial charge in [-0.25, -0.2) is 0 Å². The number of piperidine rings is 1. The van der Waals surface area contributed by atoms with E-state index < -0.39 is 11.7 Å². The second-order valence-electron chi connectivity index (χ2n) is 5.37. The van der Waals surface area contributed by atoms with Crippen molar-refractivity contribution in [1.82, 2.24) is 4.90 Å². The van der Waals surface area contributed by atoms with Gasteiger partial charge in [0.05, 0.1) is 5.56 Å². The Labute approximate surface area is 127 Å². The van der Waals surface area contributed by atoms with Crippen molar-refractivity contribution in [2.45, 2.75) is 19.0 Å². The molecule has 4 nitrogen and oxygen atoms in total. The van der Waals surface area contributed by atoms with Gasteiger partial charge in [-0.3, -0.25) is 4.79 Å². The Morgan fingerprint density at radius 1 is 1.23 bits per heavy atom. The standard InChI is InChI=1S/C15H19F3N2O2/c16-15(17,18)12-1-3-13(4-2-12)22-10-14(21)20-7-5-11(9-19)6-8-20/h1-4,11H,5-10,19H2. The molecule has 1 aliphatic rings. The first-order valence-corrected chi connectivity index (χ1v) is 7.18. The van der Waals surface area contributed by atoms with Crippen molar-refractivity contribution in [3.8, 4) is 5.75 Å². The predicted octanol–water partition coefficient (Wildman–Crippen LogP) is 2.28. The van der Waals surface area contributed by atoms with Crippen LogP contribution in [0, 0.1) is 5.92 Å². The monoisotopic (exact) mass is 316 g/mol. The fourth-order valence-corrected chi connectivity index (χ4v) is 2.39. The van der Waals surface area contributed by atoms with E-state index in [0.717, 1.165) is 25.0 Å². The van der Waals surface area contributed by atoms with Crippen LogP contribution in [0.1, 0.15) is 18.4 Å². The van der Waals surface area contributed by atoms with Gasteiger partial charge in [0.1, 0.15) is 5.75 Å². The maximum atomic E-state index is 12.4. The molecule has 7 heteroatoms. The van der Waals surface area contributed by atoms with Crippen molar-refractivity contribution in [2.75, 3.05) is 26.2 Å². The van der Waals surface area contributed by atoms with E-state index in [1.54, 1.807) is 4.90 Å². The van der Waals surface area contributed by atoms with E-state index in [1.165, 1.54) is 12.1 Å². The number of carbonyl (C=O) groups is 1. The molecule has 1 aliphatic heterocycles. The highest BCUT2D eigenvalue weighted by Crippen LogP contribution is 2.30. The number of hydrogen-bond donors (Lipinski definition) is 1. The molecule has 1 heterocycles. The Kier molecular flexibility index (Phi) is 5.28. The summed E-state index contributed by atoms with van der Waals surface area (Å²) in [4.78, 5) is 13.7. The third-order valence-corrected chi connectivity index (χ3v) is 3.84. The van der Waals surface area contributed by atoms with Gasteiger partial charge in [0, 0.05) is 13.1 Å². The highest BCUT2D eigenvalue weighted by atomic mass is 19.4. The molecule has 0 aromatic heterocycles. The maximum Gasteiger partial charge on any atom is 0.416 e. The summed E-state index contributed by atoms with van der Waals surface area (Å²) in [6.07, 6.45) is -2.62. The van der Waals surface area contributed by atoms with Gasteiger partial charge in [0.2, 0.25) is 0 Å². The molecular formula is C15H19F3N2O2. The summed E-state index contributed by atoms with van der Waals surface area (Å²) < 4.78 is 42.5. The summed E-state index contributed by atoms with van der Waals surface area (Å²) in [5.41, 5.74) is 4.85. The average Bonchev–Trinajstić information content (AvgIpc) is 2.52. The van der Waals surface area contributed by atoms with Gasteiger partial charge in [0.15, 0.2) is 6.61 Å². The molecule has 0 saturated carbocycles. The Bertz CT molecular complexity index is 495. The van der Waals surface area contributed by atoms with Crippen LogP contribution in [0.25, 0.3) is 0 Å². The lowest BCUT2D eigenvalue weighted by atomic mass is 9.97. The molecule has 1 aromatic rings. The Balaban J connectivity index is 1.81. The number of carbonyl (C=O) groups excluding carboxylic acids is 1. The molecule has 1 fully saturated rings. The second kappa shape index (κ2) is 7.00. The van der Waals surface area contributed by atoms with Gasteiger partial charge in [-0.05, 0) is 49.6 Å². The quantitative estimate of drug-likeness (QED) is 0.927. The van der Waals surface area contributed by atoms with Gasteiger partial charge in [0.25, 0.3) is 5.91 Å². The van der Waals surface area contributed by atoms with Crippen molar-refractivity contribution in [1.29, 1.82) is 0 Å². The van der Waals surface area contributed by atoms with Crippen molar-refractivity contribution in [2.24, 2.45) is 11.7 Å². The summed E-state index contributed by atoms with van der Waals surface area (Å²) in [6.45, 7) is 1.76. The summed E-state index contributed by atoms with van der Waals surface area (Å²) in [6, 6.07) is 4.31. The summed E-state index contributed by atoms with van der Waals surface area (Å²) in [7, 11) is 0. The van der Waals surface area contributed by atoms with E-state index in [0.29, 0.717) is 25.6 Å². The molecule has 1 amide bonds. The lowest BCUT2D eigenvalue weighted by Gasteiger charge is -2.31. The van der Waals surface area contributed by atoms with Crippen LogP contribution in [0.5, 0.6) is 5.75 Å². The van der Waals surface area contributed by atoms with E-state index >= 15 is 0 Å². The van der Waals surface area contributed by atoms with Crippen molar-refractivity contribution in [3.05, 3.63) is 29.8 Å². The van der Waals surface area contributed by atoms with E-state index in [9.17, 15) is 18.0 Å². The van der Waals surface area contributed by atoms with Crippen LogP contribution in [0.2, 0.25) is 0 Å². The molecule has 2 rings (SSSR count). The number of benzene rings is 1. The molecular weight excluding hydrogens is 297 g/mol. The number of halogens is 3. The number of alkyl halides is 3. The van der Waals surface area contributed by atoms with E-state index in [1.807, 2.05) is 0 Å². The lowest BCUT2D eigenvalue weighted by Crippen LogP contribution is -2.42. The summed E-state index contributed by atoms with van der Waals surface area (Å²) >= 11 is 0. The fourth-order valence-electron chi connectivity index (χ4n) is 2.39. The highest BCUT2D eigenvalue weighted by molar-refractivity contribution is 5.77. The topological polar surface area (TPSA) is 55.6 Å². The van der Waals surface area contributed by atoms with Crippen LogP contribution in [-0.2, 0) is 11.0 Å². The fraction of sp³-hybridized carbons (Fsp3) is 0.533. The molecule has 22 heavy (non-hydrogen) atoms. The first-order chi connectivity index (χ1) is 10.4. The minimum absolute atomic E-state index is 0.157. The molecule has 1 aromatic carbocycles. The zero-order valence-electron chi connectivity index (χ0n) is 12.1. The molecule has 2 N–H and O–H groups in total. The van der Waals surface area contributed by atoms with Crippen LogP contribution in [0.3, 0.4) is 0 Å². The number of amides is 1. The third-order valence-electron chi connectivity index (χ3n) is 3.84. The number of ether oxygens (including phenoxy) is 1. The molecule has 1 saturated heterocycles. The van der Waals surface area contributed by atoms with Crippen LogP contribution < -0.4 is 10.5 Å². The molecule has 0 bridgehead atoms. The minimum Gasteiger partial charge on any atom is -0.484 e. The van der Waals surface area contributed by atoms with Crippen molar-refractivity contribution in [3.63, 3.8) is 0 Å². The molecule has 0 unspecified atom stereocenters. The number of nitrogens with two attached hydrogens (primary N) is 1. The van der Waals surface area contributed by atoms with E-state index in [2.05, 4.69) is 0 Å². The van der Waals surface area contributed by atoms with Crippen molar-refractivity contribution >= 4 is 5.91 Å². The number of likely N-dealkylation sites (tertiary alicyclic amines) is 1. The second-order valence-corrected chi connectivity index (χ2v) is 5.37. The Morgan fingerprint density at radius 3 is 2.32 bits per heavy atom. The zero-order chi connectivity index (χ0) is 16.2. The van der Waals surface area contributed by atoms with E-state index in [-0.39, 0.29) is 18.3 Å². The predicted molar refractivity (Wildman–Crippen MR) is 75.3 cm³/mol.